The number of rotatable bonds is 6. The predicted octanol–water partition coefficient (Wildman–Crippen LogP) is 4.02. The molecule has 2 aromatic carbocycles. The molecule has 3 nitrogen and oxygen atoms in total. The number of benzene rings is 2. The van der Waals surface area contributed by atoms with Gasteiger partial charge in [-0.3, -0.25) is 4.79 Å². The van der Waals surface area contributed by atoms with E-state index in [1.807, 2.05) is 31.2 Å². The quantitative estimate of drug-likeness (QED) is 0.751. The standard InChI is InChI=1S/C18H20O3/c1-4-11-21-16-8-5-14(6-9-16)18(19)15-7-10-17(20-3)13(2)12-15/h5-10,12H,4,11H2,1-3H3. The molecule has 0 radical (unpaired) electrons. The van der Waals surface area contributed by atoms with Gasteiger partial charge in [0, 0.05) is 11.1 Å². The Balaban J connectivity index is 2.17. The Labute approximate surface area is 125 Å². The number of ketones is 1. The van der Waals surface area contributed by atoms with E-state index in [0.717, 1.165) is 23.5 Å². The van der Waals surface area contributed by atoms with Crippen molar-refractivity contribution in [2.24, 2.45) is 0 Å². The lowest BCUT2D eigenvalue weighted by Crippen LogP contribution is -2.02. The molecule has 0 aliphatic heterocycles. The highest BCUT2D eigenvalue weighted by molar-refractivity contribution is 6.09. The van der Waals surface area contributed by atoms with Crippen LogP contribution in [0.2, 0.25) is 0 Å². The van der Waals surface area contributed by atoms with Crippen LogP contribution < -0.4 is 9.47 Å². The molecule has 0 bridgehead atoms. The van der Waals surface area contributed by atoms with Crippen LogP contribution in [0.3, 0.4) is 0 Å². The van der Waals surface area contributed by atoms with E-state index >= 15 is 0 Å². The van der Waals surface area contributed by atoms with Crippen molar-refractivity contribution in [3.8, 4) is 11.5 Å². The van der Waals surface area contributed by atoms with Crippen LogP contribution in [-0.2, 0) is 0 Å². The fraction of sp³-hybridized carbons (Fsp3) is 0.278. The Bertz CT molecular complexity index is 615. The van der Waals surface area contributed by atoms with Crippen LogP contribution in [-0.4, -0.2) is 19.5 Å². The summed E-state index contributed by atoms with van der Waals surface area (Å²) in [6, 6.07) is 12.7. The smallest absolute Gasteiger partial charge is 0.193 e. The van der Waals surface area contributed by atoms with E-state index in [0.29, 0.717) is 17.7 Å². The van der Waals surface area contributed by atoms with Crippen LogP contribution in [0.4, 0.5) is 0 Å². The molecule has 0 aliphatic carbocycles. The largest absolute Gasteiger partial charge is 0.496 e. The Hall–Kier alpha value is -2.29. The van der Waals surface area contributed by atoms with Crippen molar-refractivity contribution in [1.82, 2.24) is 0 Å². The molecule has 110 valence electrons. The van der Waals surface area contributed by atoms with E-state index in [1.165, 1.54) is 0 Å². The van der Waals surface area contributed by atoms with Crippen LogP contribution in [0, 0.1) is 6.92 Å². The number of aryl methyl sites for hydroxylation is 1. The highest BCUT2D eigenvalue weighted by atomic mass is 16.5. The minimum Gasteiger partial charge on any atom is -0.496 e. The number of hydrogen-bond donors (Lipinski definition) is 0. The van der Waals surface area contributed by atoms with E-state index in [9.17, 15) is 4.79 Å². The number of carbonyl (C=O) groups excluding carboxylic acids is 1. The summed E-state index contributed by atoms with van der Waals surface area (Å²) in [4.78, 5) is 12.4. The zero-order valence-corrected chi connectivity index (χ0v) is 12.7. The average molecular weight is 284 g/mol. The topological polar surface area (TPSA) is 35.5 Å². The van der Waals surface area contributed by atoms with E-state index in [2.05, 4.69) is 6.92 Å². The molecular weight excluding hydrogens is 264 g/mol. The van der Waals surface area contributed by atoms with Crippen molar-refractivity contribution in [2.75, 3.05) is 13.7 Å². The first-order valence-corrected chi connectivity index (χ1v) is 7.08. The number of ether oxygens (including phenoxy) is 2. The van der Waals surface area contributed by atoms with E-state index in [-0.39, 0.29) is 5.78 Å². The predicted molar refractivity (Wildman–Crippen MR) is 83.4 cm³/mol. The summed E-state index contributed by atoms with van der Waals surface area (Å²) in [7, 11) is 1.62. The van der Waals surface area contributed by atoms with E-state index in [4.69, 9.17) is 9.47 Å². The minimum atomic E-state index is 0.00259. The molecule has 0 N–H and O–H groups in total. The lowest BCUT2D eigenvalue weighted by molar-refractivity contribution is 0.103. The summed E-state index contributed by atoms with van der Waals surface area (Å²) in [6.45, 7) is 4.67. The average Bonchev–Trinajstić information content (AvgIpc) is 2.52. The molecular formula is C18H20O3. The molecule has 3 heteroatoms. The summed E-state index contributed by atoms with van der Waals surface area (Å²) < 4.78 is 10.7. The van der Waals surface area contributed by atoms with E-state index in [1.54, 1.807) is 25.3 Å². The van der Waals surface area contributed by atoms with Crippen LogP contribution in [0.5, 0.6) is 11.5 Å². The van der Waals surface area contributed by atoms with Crippen LogP contribution in [0.1, 0.15) is 34.8 Å². The van der Waals surface area contributed by atoms with Gasteiger partial charge in [-0.05, 0) is 61.4 Å². The molecule has 0 atom stereocenters. The normalized spacial score (nSPS) is 10.2. The Morgan fingerprint density at radius 1 is 1.05 bits per heavy atom. The summed E-state index contributed by atoms with van der Waals surface area (Å²) in [5, 5.41) is 0. The van der Waals surface area contributed by atoms with Crippen molar-refractivity contribution >= 4 is 5.78 Å². The zero-order valence-electron chi connectivity index (χ0n) is 12.7. The van der Waals surface area contributed by atoms with Gasteiger partial charge in [0.05, 0.1) is 13.7 Å². The Kier molecular flexibility index (Phi) is 4.99. The monoisotopic (exact) mass is 284 g/mol. The van der Waals surface area contributed by atoms with Crippen molar-refractivity contribution in [3.05, 3.63) is 59.2 Å². The van der Waals surface area contributed by atoms with Gasteiger partial charge >= 0.3 is 0 Å². The van der Waals surface area contributed by atoms with Gasteiger partial charge in [0.25, 0.3) is 0 Å². The second kappa shape index (κ2) is 6.93. The third-order valence-corrected chi connectivity index (χ3v) is 3.25. The van der Waals surface area contributed by atoms with Gasteiger partial charge in [0.15, 0.2) is 5.78 Å². The maximum absolute atomic E-state index is 12.4. The molecule has 0 heterocycles. The van der Waals surface area contributed by atoms with Crippen molar-refractivity contribution in [1.29, 1.82) is 0 Å². The van der Waals surface area contributed by atoms with Crippen molar-refractivity contribution in [3.63, 3.8) is 0 Å². The zero-order chi connectivity index (χ0) is 15.2. The second-order valence-electron chi connectivity index (χ2n) is 4.89. The van der Waals surface area contributed by atoms with Gasteiger partial charge in [-0.2, -0.15) is 0 Å². The van der Waals surface area contributed by atoms with Gasteiger partial charge in [0.2, 0.25) is 0 Å². The molecule has 0 aromatic heterocycles. The number of carbonyl (C=O) groups is 1. The molecule has 0 saturated carbocycles. The van der Waals surface area contributed by atoms with Crippen LogP contribution in [0.15, 0.2) is 42.5 Å². The lowest BCUT2D eigenvalue weighted by atomic mass is 10.0. The van der Waals surface area contributed by atoms with Gasteiger partial charge in [0.1, 0.15) is 11.5 Å². The Morgan fingerprint density at radius 2 is 1.71 bits per heavy atom. The summed E-state index contributed by atoms with van der Waals surface area (Å²) in [5.41, 5.74) is 2.27. The summed E-state index contributed by atoms with van der Waals surface area (Å²) in [5.74, 6) is 1.58. The molecule has 21 heavy (non-hydrogen) atoms. The first kappa shape index (κ1) is 15.1. The first-order valence-electron chi connectivity index (χ1n) is 7.08. The SMILES string of the molecule is CCCOc1ccc(C(=O)c2ccc(OC)c(C)c2)cc1. The van der Waals surface area contributed by atoms with Crippen molar-refractivity contribution < 1.29 is 14.3 Å². The maximum atomic E-state index is 12.4. The summed E-state index contributed by atoms with van der Waals surface area (Å²) in [6.07, 6.45) is 0.964. The van der Waals surface area contributed by atoms with Crippen molar-refractivity contribution in [2.45, 2.75) is 20.3 Å². The third kappa shape index (κ3) is 3.63. The molecule has 0 fully saturated rings. The molecule has 0 saturated heterocycles. The fourth-order valence-corrected chi connectivity index (χ4v) is 2.11. The number of methoxy groups -OCH3 is 1. The first-order chi connectivity index (χ1) is 10.2. The molecule has 0 spiro atoms. The highest BCUT2D eigenvalue weighted by Crippen LogP contribution is 2.21. The Morgan fingerprint density at radius 3 is 2.29 bits per heavy atom. The molecule has 2 rings (SSSR count). The van der Waals surface area contributed by atoms with Gasteiger partial charge in [-0.1, -0.05) is 6.92 Å². The molecule has 2 aromatic rings. The van der Waals surface area contributed by atoms with Gasteiger partial charge in [-0.15, -0.1) is 0 Å². The van der Waals surface area contributed by atoms with Crippen LogP contribution in [0.25, 0.3) is 0 Å². The van der Waals surface area contributed by atoms with Gasteiger partial charge < -0.3 is 9.47 Å². The van der Waals surface area contributed by atoms with Crippen LogP contribution >= 0.6 is 0 Å². The van der Waals surface area contributed by atoms with Gasteiger partial charge in [-0.25, -0.2) is 0 Å². The fourth-order valence-electron chi connectivity index (χ4n) is 2.11. The number of hydrogen-bond acceptors (Lipinski definition) is 3. The summed E-state index contributed by atoms with van der Waals surface area (Å²) >= 11 is 0. The molecule has 0 aliphatic rings. The third-order valence-electron chi connectivity index (χ3n) is 3.25. The van der Waals surface area contributed by atoms with E-state index < -0.39 is 0 Å². The lowest BCUT2D eigenvalue weighted by Gasteiger charge is -2.08. The second-order valence-corrected chi connectivity index (χ2v) is 4.89. The molecule has 0 amide bonds. The minimum absolute atomic E-state index is 0.00259. The molecule has 0 unspecified atom stereocenters. The maximum Gasteiger partial charge on any atom is 0.193 e. The highest BCUT2D eigenvalue weighted by Gasteiger charge is 2.11.